The minimum atomic E-state index is -0.304. The van der Waals surface area contributed by atoms with Crippen LogP contribution in [0.2, 0.25) is 5.15 Å². The maximum absolute atomic E-state index is 11.9. The summed E-state index contributed by atoms with van der Waals surface area (Å²) < 4.78 is 0.706. The van der Waals surface area contributed by atoms with Crippen molar-refractivity contribution in [1.29, 1.82) is 0 Å². The van der Waals surface area contributed by atoms with Crippen molar-refractivity contribution < 1.29 is 9.90 Å². The molecule has 0 saturated heterocycles. The molecule has 1 amide bonds. The molecule has 6 heteroatoms. The number of nitrogens with one attached hydrogen (secondary N) is 1. The summed E-state index contributed by atoms with van der Waals surface area (Å²) in [6.07, 6.45) is 4.02. The molecule has 1 aliphatic carbocycles. The van der Waals surface area contributed by atoms with Crippen LogP contribution in [0.15, 0.2) is 16.7 Å². The number of aliphatic hydroxyl groups is 1. The summed E-state index contributed by atoms with van der Waals surface area (Å²) in [5.41, 5.74) is 0.346. The van der Waals surface area contributed by atoms with Crippen LogP contribution in [0.5, 0.6) is 0 Å². The smallest absolute Gasteiger partial charge is 0.254 e. The lowest BCUT2D eigenvalue weighted by Crippen LogP contribution is -2.32. The van der Waals surface area contributed by atoms with Gasteiger partial charge >= 0.3 is 0 Å². The lowest BCUT2D eigenvalue weighted by atomic mass is 10.1. The Morgan fingerprint density at radius 1 is 1.61 bits per heavy atom. The Morgan fingerprint density at radius 2 is 2.39 bits per heavy atom. The van der Waals surface area contributed by atoms with E-state index in [1.807, 2.05) is 0 Å². The first-order valence-electron chi connectivity index (χ1n) is 5.85. The van der Waals surface area contributed by atoms with E-state index in [0.717, 1.165) is 19.3 Å². The van der Waals surface area contributed by atoms with Gasteiger partial charge in [-0.15, -0.1) is 0 Å². The highest BCUT2D eigenvalue weighted by Crippen LogP contribution is 2.25. The fourth-order valence-corrected chi connectivity index (χ4v) is 2.68. The Morgan fingerprint density at radius 3 is 3.06 bits per heavy atom. The second-order valence-corrected chi connectivity index (χ2v) is 5.73. The summed E-state index contributed by atoms with van der Waals surface area (Å²) in [6.45, 7) is 0.475. The number of aromatic nitrogens is 1. The van der Waals surface area contributed by atoms with E-state index in [1.54, 1.807) is 12.3 Å². The number of rotatable bonds is 3. The zero-order chi connectivity index (χ0) is 13.1. The van der Waals surface area contributed by atoms with Crippen molar-refractivity contribution >= 4 is 33.4 Å². The van der Waals surface area contributed by atoms with Gasteiger partial charge in [0.25, 0.3) is 5.91 Å². The molecule has 4 nitrogen and oxygen atoms in total. The number of hydrogen-bond acceptors (Lipinski definition) is 3. The number of amides is 1. The van der Waals surface area contributed by atoms with E-state index in [4.69, 9.17) is 11.6 Å². The number of halogens is 2. The van der Waals surface area contributed by atoms with Gasteiger partial charge in [-0.1, -0.05) is 18.0 Å². The third kappa shape index (κ3) is 3.22. The van der Waals surface area contributed by atoms with Crippen LogP contribution in [0.25, 0.3) is 0 Å². The molecule has 98 valence electrons. The van der Waals surface area contributed by atoms with Crippen LogP contribution in [0.4, 0.5) is 0 Å². The largest absolute Gasteiger partial charge is 0.393 e. The number of nitrogens with zero attached hydrogens (tertiary/aromatic N) is 1. The number of pyridine rings is 1. The lowest BCUT2D eigenvalue weighted by Gasteiger charge is -2.15. The number of hydrogen-bond donors (Lipinski definition) is 2. The topological polar surface area (TPSA) is 62.2 Å². The third-order valence-corrected chi connectivity index (χ3v) is 3.93. The minimum absolute atomic E-state index is 0.146. The monoisotopic (exact) mass is 332 g/mol. The van der Waals surface area contributed by atoms with Crippen LogP contribution in [0.3, 0.4) is 0 Å². The second-order valence-electron chi connectivity index (χ2n) is 4.46. The maximum Gasteiger partial charge on any atom is 0.254 e. The quantitative estimate of drug-likeness (QED) is 0.835. The Bertz CT molecular complexity index is 456. The van der Waals surface area contributed by atoms with Crippen LogP contribution in [-0.4, -0.2) is 28.6 Å². The van der Waals surface area contributed by atoms with Crippen LogP contribution in [0.1, 0.15) is 29.6 Å². The SMILES string of the molecule is O=C(NCC1CCCC1O)c1cc(Br)cnc1Cl. The number of carbonyl (C=O) groups excluding carboxylic acids is 1. The summed E-state index contributed by atoms with van der Waals surface area (Å²) in [4.78, 5) is 15.8. The molecule has 0 aliphatic heterocycles. The lowest BCUT2D eigenvalue weighted by molar-refractivity contribution is 0.0916. The van der Waals surface area contributed by atoms with Crippen molar-refractivity contribution in [2.45, 2.75) is 25.4 Å². The van der Waals surface area contributed by atoms with E-state index in [1.165, 1.54) is 0 Å². The molecular formula is C12H14BrClN2O2. The summed E-state index contributed by atoms with van der Waals surface area (Å²) >= 11 is 9.12. The van der Waals surface area contributed by atoms with Crippen molar-refractivity contribution in [2.75, 3.05) is 6.54 Å². The molecule has 2 rings (SSSR count). The van der Waals surface area contributed by atoms with Gasteiger partial charge in [0.15, 0.2) is 0 Å². The Labute approximate surface area is 119 Å². The molecule has 1 aromatic heterocycles. The first-order valence-corrected chi connectivity index (χ1v) is 7.02. The zero-order valence-corrected chi connectivity index (χ0v) is 12.0. The van der Waals surface area contributed by atoms with E-state index < -0.39 is 0 Å². The highest BCUT2D eigenvalue weighted by atomic mass is 79.9. The Hall–Kier alpha value is -0.650. The molecule has 0 radical (unpaired) electrons. The maximum atomic E-state index is 11.9. The van der Waals surface area contributed by atoms with Gasteiger partial charge in [0.05, 0.1) is 11.7 Å². The van der Waals surface area contributed by atoms with Crippen molar-refractivity contribution in [3.05, 3.63) is 27.5 Å². The third-order valence-electron chi connectivity index (χ3n) is 3.19. The van der Waals surface area contributed by atoms with Gasteiger partial charge in [-0.2, -0.15) is 0 Å². The molecular weight excluding hydrogens is 320 g/mol. The molecule has 2 unspecified atom stereocenters. The standard InChI is InChI=1S/C12H14BrClN2O2/c13-8-4-9(11(14)15-6-8)12(18)16-5-7-2-1-3-10(7)17/h4,6-7,10,17H,1-3,5H2,(H,16,18). The minimum Gasteiger partial charge on any atom is -0.393 e. The average Bonchev–Trinajstić information content (AvgIpc) is 2.75. The summed E-state index contributed by atoms with van der Waals surface area (Å²) in [6, 6.07) is 1.63. The fraction of sp³-hybridized carbons (Fsp3) is 0.500. The van der Waals surface area contributed by atoms with Crippen LogP contribution < -0.4 is 5.32 Å². The highest BCUT2D eigenvalue weighted by Gasteiger charge is 2.25. The summed E-state index contributed by atoms with van der Waals surface area (Å²) in [5.74, 6) is -0.110. The molecule has 1 saturated carbocycles. The van der Waals surface area contributed by atoms with Crippen molar-refractivity contribution in [2.24, 2.45) is 5.92 Å². The molecule has 1 fully saturated rings. The van der Waals surface area contributed by atoms with E-state index >= 15 is 0 Å². The fourth-order valence-electron chi connectivity index (χ4n) is 2.16. The van der Waals surface area contributed by atoms with E-state index in [9.17, 15) is 9.90 Å². The van der Waals surface area contributed by atoms with Gasteiger partial charge in [-0.3, -0.25) is 4.79 Å². The normalized spacial score (nSPS) is 23.1. The van der Waals surface area contributed by atoms with Gasteiger partial charge in [-0.25, -0.2) is 4.98 Å². The van der Waals surface area contributed by atoms with E-state index in [2.05, 4.69) is 26.2 Å². The number of aliphatic hydroxyl groups excluding tert-OH is 1. The van der Waals surface area contributed by atoms with E-state index in [-0.39, 0.29) is 23.1 Å². The van der Waals surface area contributed by atoms with E-state index in [0.29, 0.717) is 16.6 Å². The molecule has 2 atom stereocenters. The first kappa shape index (κ1) is 13.8. The van der Waals surface area contributed by atoms with Gasteiger partial charge in [-0.05, 0) is 34.8 Å². The summed E-state index contributed by atoms with van der Waals surface area (Å²) in [7, 11) is 0. The highest BCUT2D eigenvalue weighted by molar-refractivity contribution is 9.10. The molecule has 1 heterocycles. The molecule has 0 bridgehead atoms. The van der Waals surface area contributed by atoms with Crippen molar-refractivity contribution in [3.63, 3.8) is 0 Å². The van der Waals surface area contributed by atoms with Crippen LogP contribution >= 0.6 is 27.5 Å². The molecule has 1 aliphatic rings. The molecule has 0 aromatic carbocycles. The van der Waals surface area contributed by atoms with Gasteiger partial charge in [0.1, 0.15) is 5.15 Å². The van der Waals surface area contributed by atoms with Gasteiger partial charge in [0, 0.05) is 23.1 Å². The molecule has 0 spiro atoms. The van der Waals surface area contributed by atoms with Gasteiger partial charge in [0.2, 0.25) is 0 Å². The second kappa shape index (κ2) is 5.99. The van der Waals surface area contributed by atoms with Gasteiger partial charge < -0.3 is 10.4 Å². The van der Waals surface area contributed by atoms with Crippen LogP contribution in [-0.2, 0) is 0 Å². The summed E-state index contributed by atoms with van der Waals surface area (Å²) in [5, 5.41) is 12.7. The predicted octanol–water partition coefficient (Wildman–Crippen LogP) is 2.39. The molecule has 2 N–H and O–H groups in total. The average molecular weight is 334 g/mol. The molecule has 18 heavy (non-hydrogen) atoms. The Kier molecular flexibility index (Phi) is 4.59. The zero-order valence-electron chi connectivity index (χ0n) is 9.70. The Balaban J connectivity index is 1.97. The number of carbonyl (C=O) groups is 1. The molecule has 1 aromatic rings. The van der Waals surface area contributed by atoms with Crippen molar-refractivity contribution in [3.8, 4) is 0 Å². The van der Waals surface area contributed by atoms with Crippen molar-refractivity contribution in [1.82, 2.24) is 10.3 Å². The predicted molar refractivity (Wildman–Crippen MR) is 72.6 cm³/mol. The first-order chi connectivity index (χ1) is 8.58. The van der Waals surface area contributed by atoms with Crippen LogP contribution in [0, 0.1) is 5.92 Å².